The normalized spacial score (nSPS) is 18.2. The molecule has 1 fully saturated rings. The molecule has 1 atom stereocenters. The quantitative estimate of drug-likeness (QED) is 0.855. The number of hydrogen-bond acceptors (Lipinski definition) is 3. The van der Waals surface area contributed by atoms with Gasteiger partial charge in [0.15, 0.2) is 0 Å². The summed E-state index contributed by atoms with van der Waals surface area (Å²) in [7, 11) is 1.71. The van der Waals surface area contributed by atoms with Crippen LogP contribution in [0.1, 0.15) is 37.8 Å². The number of rotatable bonds is 6. The van der Waals surface area contributed by atoms with Gasteiger partial charge in [0, 0.05) is 19.3 Å². The summed E-state index contributed by atoms with van der Waals surface area (Å²) in [4.78, 5) is 0. The first kappa shape index (κ1) is 14.4. The first-order valence-corrected chi connectivity index (χ1v) is 7.30. The predicted octanol–water partition coefficient (Wildman–Crippen LogP) is 3.16. The van der Waals surface area contributed by atoms with E-state index < -0.39 is 0 Å². The van der Waals surface area contributed by atoms with Crippen LogP contribution in [0.2, 0.25) is 0 Å². The second-order valence-corrected chi connectivity index (χ2v) is 5.15. The van der Waals surface area contributed by atoms with Crippen LogP contribution in [0.25, 0.3) is 0 Å². The molecule has 0 saturated carbocycles. The van der Waals surface area contributed by atoms with E-state index in [1.807, 2.05) is 0 Å². The molecule has 1 aromatic rings. The van der Waals surface area contributed by atoms with Gasteiger partial charge in [-0.05, 0) is 49.4 Å². The van der Waals surface area contributed by atoms with E-state index in [4.69, 9.17) is 9.47 Å². The van der Waals surface area contributed by atoms with E-state index in [1.54, 1.807) is 7.11 Å². The average molecular weight is 263 g/mol. The maximum Gasteiger partial charge on any atom is 0.118 e. The van der Waals surface area contributed by atoms with Gasteiger partial charge in [-0.15, -0.1) is 0 Å². The molecular weight excluding hydrogens is 238 g/mol. The largest absolute Gasteiger partial charge is 0.497 e. The van der Waals surface area contributed by atoms with Crippen molar-refractivity contribution in [2.75, 3.05) is 26.9 Å². The van der Waals surface area contributed by atoms with Gasteiger partial charge in [-0.25, -0.2) is 0 Å². The fraction of sp³-hybridized carbons (Fsp3) is 0.625. The van der Waals surface area contributed by atoms with Gasteiger partial charge in [0.2, 0.25) is 0 Å². The van der Waals surface area contributed by atoms with Crippen LogP contribution in [0.4, 0.5) is 0 Å². The van der Waals surface area contributed by atoms with Gasteiger partial charge in [-0.3, -0.25) is 0 Å². The molecule has 1 aliphatic rings. The highest BCUT2D eigenvalue weighted by Crippen LogP contribution is 2.30. The number of nitrogens with one attached hydrogen (secondary N) is 1. The highest BCUT2D eigenvalue weighted by molar-refractivity contribution is 5.29. The number of benzene rings is 1. The summed E-state index contributed by atoms with van der Waals surface area (Å²) < 4.78 is 10.7. The minimum atomic E-state index is 0.440. The third kappa shape index (κ3) is 3.95. The van der Waals surface area contributed by atoms with Crippen LogP contribution in [0, 0.1) is 5.92 Å². The molecule has 1 unspecified atom stereocenters. The third-order valence-corrected chi connectivity index (χ3v) is 3.83. The molecule has 19 heavy (non-hydrogen) atoms. The Balaban J connectivity index is 2.10. The van der Waals surface area contributed by atoms with Crippen LogP contribution in [-0.2, 0) is 4.74 Å². The van der Waals surface area contributed by atoms with Crippen LogP contribution in [0.5, 0.6) is 5.75 Å². The van der Waals surface area contributed by atoms with Crippen molar-refractivity contribution >= 4 is 0 Å². The number of ether oxygens (including phenoxy) is 2. The van der Waals surface area contributed by atoms with Crippen molar-refractivity contribution in [2.24, 2.45) is 5.92 Å². The summed E-state index contributed by atoms with van der Waals surface area (Å²) >= 11 is 0. The molecule has 0 amide bonds. The molecule has 106 valence electrons. The fourth-order valence-electron chi connectivity index (χ4n) is 2.72. The Morgan fingerprint density at radius 1 is 1.26 bits per heavy atom. The lowest BCUT2D eigenvalue weighted by Gasteiger charge is -2.31. The van der Waals surface area contributed by atoms with Gasteiger partial charge in [-0.2, -0.15) is 0 Å². The summed E-state index contributed by atoms with van der Waals surface area (Å²) in [5.74, 6) is 1.60. The number of methoxy groups -OCH3 is 1. The Hall–Kier alpha value is -1.06. The summed E-state index contributed by atoms with van der Waals surface area (Å²) in [6.45, 7) is 5.06. The fourth-order valence-corrected chi connectivity index (χ4v) is 2.72. The summed E-state index contributed by atoms with van der Waals surface area (Å²) in [6, 6.07) is 8.91. The van der Waals surface area contributed by atoms with Gasteiger partial charge >= 0.3 is 0 Å². The van der Waals surface area contributed by atoms with Gasteiger partial charge in [0.05, 0.1) is 7.11 Å². The lowest BCUT2D eigenvalue weighted by molar-refractivity contribution is 0.0536. The van der Waals surface area contributed by atoms with E-state index in [0.717, 1.165) is 44.8 Å². The first-order chi connectivity index (χ1) is 9.35. The zero-order valence-electron chi connectivity index (χ0n) is 12.0. The zero-order chi connectivity index (χ0) is 13.5. The van der Waals surface area contributed by atoms with Crippen molar-refractivity contribution in [3.63, 3.8) is 0 Å². The Bertz CT molecular complexity index is 358. The summed E-state index contributed by atoms with van der Waals surface area (Å²) in [5, 5.41) is 3.70. The molecule has 1 N–H and O–H groups in total. The molecule has 0 aromatic heterocycles. The van der Waals surface area contributed by atoms with Gasteiger partial charge in [0.25, 0.3) is 0 Å². The summed E-state index contributed by atoms with van der Waals surface area (Å²) in [5.41, 5.74) is 1.36. The Labute approximate surface area is 116 Å². The van der Waals surface area contributed by atoms with Crippen LogP contribution in [0.15, 0.2) is 24.3 Å². The van der Waals surface area contributed by atoms with Crippen molar-refractivity contribution in [1.82, 2.24) is 5.32 Å². The molecule has 2 rings (SSSR count). The van der Waals surface area contributed by atoms with Crippen LogP contribution in [0.3, 0.4) is 0 Å². The van der Waals surface area contributed by atoms with Gasteiger partial charge in [-0.1, -0.05) is 19.1 Å². The number of hydrogen-bond donors (Lipinski definition) is 1. The molecule has 1 saturated heterocycles. The van der Waals surface area contributed by atoms with E-state index in [9.17, 15) is 0 Å². The first-order valence-electron chi connectivity index (χ1n) is 7.30. The van der Waals surface area contributed by atoms with E-state index in [1.165, 1.54) is 5.56 Å². The average Bonchev–Trinajstić information content (AvgIpc) is 2.49. The molecule has 3 heteroatoms. The Morgan fingerprint density at radius 3 is 2.53 bits per heavy atom. The SMILES string of the molecule is CCCNC(c1ccc(OC)cc1)C1CCOCC1. The van der Waals surface area contributed by atoms with E-state index in [-0.39, 0.29) is 0 Å². The van der Waals surface area contributed by atoms with Crippen LogP contribution < -0.4 is 10.1 Å². The maximum atomic E-state index is 5.48. The third-order valence-electron chi connectivity index (χ3n) is 3.83. The highest BCUT2D eigenvalue weighted by Gasteiger charge is 2.24. The molecule has 1 aromatic carbocycles. The highest BCUT2D eigenvalue weighted by atomic mass is 16.5. The van der Waals surface area contributed by atoms with Crippen molar-refractivity contribution in [2.45, 2.75) is 32.2 Å². The summed E-state index contributed by atoms with van der Waals surface area (Å²) in [6.07, 6.45) is 3.46. The van der Waals surface area contributed by atoms with Crippen molar-refractivity contribution in [1.29, 1.82) is 0 Å². The van der Waals surface area contributed by atoms with Crippen LogP contribution in [-0.4, -0.2) is 26.9 Å². The predicted molar refractivity (Wildman–Crippen MR) is 77.6 cm³/mol. The van der Waals surface area contributed by atoms with Crippen molar-refractivity contribution in [3.05, 3.63) is 29.8 Å². The van der Waals surface area contributed by atoms with E-state index in [2.05, 4.69) is 36.5 Å². The topological polar surface area (TPSA) is 30.5 Å². The monoisotopic (exact) mass is 263 g/mol. The molecule has 0 radical (unpaired) electrons. The molecule has 0 aliphatic carbocycles. The molecular formula is C16H25NO2. The molecule has 1 heterocycles. The smallest absolute Gasteiger partial charge is 0.118 e. The standard InChI is InChI=1S/C16H25NO2/c1-3-10-17-16(14-8-11-19-12-9-14)13-4-6-15(18-2)7-5-13/h4-7,14,16-17H,3,8-12H2,1-2H3. The Morgan fingerprint density at radius 2 is 1.95 bits per heavy atom. The second-order valence-electron chi connectivity index (χ2n) is 5.15. The molecule has 1 aliphatic heterocycles. The molecule has 0 bridgehead atoms. The molecule has 3 nitrogen and oxygen atoms in total. The van der Waals surface area contributed by atoms with E-state index in [0.29, 0.717) is 12.0 Å². The zero-order valence-corrected chi connectivity index (χ0v) is 12.0. The molecule has 0 spiro atoms. The minimum Gasteiger partial charge on any atom is -0.497 e. The lowest BCUT2D eigenvalue weighted by atomic mass is 9.87. The van der Waals surface area contributed by atoms with Crippen molar-refractivity contribution < 1.29 is 9.47 Å². The second kappa shape index (κ2) is 7.51. The van der Waals surface area contributed by atoms with E-state index >= 15 is 0 Å². The minimum absolute atomic E-state index is 0.440. The van der Waals surface area contributed by atoms with Crippen LogP contribution >= 0.6 is 0 Å². The Kier molecular flexibility index (Phi) is 5.67. The van der Waals surface area contributed by atoms with Crippen molar-refractivity contribution in [3.8, 4) is 5.75 Å². The van der Waals surface area contributed by atoms with Gasteiger partial charge < -0.3 is 14.8 Å². The maximum absolute atomic E-state index is 5.48. The van der Waals surface area contributed by atoms with Gasteiger partial charge in [0.1, 0.15) is 5.75 Å². The lowest BCUT2D eigenvalue weighted by Crippen LogP contribution is -2.32.